The number of nitrogens with one attached hydrogen (secondary N) is 2. The predicted molar refractivity (Wildman–Crippen MR) is 159 cm³/mol. The monoisotopic (exact) mass is 558 g/mol. The van der Waals surface area contributed by atoms with Gasteiger partial charge in [-0.1, -0.05) is 42.5 Å². The van der Waals surface area contributed by atoms with Crippen molar-refractivity contribution in [3.63, 3.8) is 0 Å². The highest BCUT2D eigenvalue weighted by Crippen LogP contribution is 2.41. The van der Waals surface area contributed by atoms with E-state index in [1.165, 1.54) is 16.0 Å². The summed E-state index contributed by atoms with van der Waals surface area (Å²) in [6.07, 6.45) is 8.68. The molecule has 3 aliphatic rings. The lowest BCUT2D eigenvalue weighted by atomic mass is 9.77. The molecule has 2 aliphatic carbocycles. The number of fused-ring (bicyclic) bond motifs is 4. The maximum atomic E-state index is 13.0. The van der Waals surface area contributed by atoms with Crippen molar-refractivity contribution in [1.29, 1.82) is 10.8 Å². The Balaban J connectivity index is 1.12. The molecule has 2 bridgehead atoms. The van der Waals surface area contributed by atoms with Crippen molar-refractivity contribution in [2.24, 2.45) is 5.92 Å². The van der Waals surface area contributed by atoms with Gasteiger partial charge >= 0.3 is 0 Å². The summed E-state index contributed by atoms with van der Waals surface area (Å²) in [7, 11) is 0. The molecule has 7 heteroatoms. The van der Waals surface area contributed by atoms with E-state index < -0.39 is 6.10 Å². The number of carbonyl (C=O) groups excluding carboxylic acids is 2. The van der Waals surface area contributed by atoms with E-state index in [1.807, 2.05) is 18.2 Å². The molecular formula is C33H38N2O4S. The van der Waals surface area contributed by atoms with Crippen LogP contribution in [-0.2, 0) is 27.2 Å². The Morgan fingerprint density at radius 2 is 1.93 bits per heavy atom. The van der Waals surface area contributed by atoms with Crippen LogP contribution < -0.4 is 0 Å². The molecule has 0 radical (unpaired) electrons. The molecule has 1 heterocycles. The third-order valence-electron chi connectivity index (χ3n) is 8.58. The quantitative estimate of drug-likeness (QED) is 0.225. The number of hydrogen-bond acceptors (Lipinski definition) is 7. The minimum Gasteiger partial charge on any atom is -0.390 e. The van der Waals surface area contributed by atoms with E-state index in [0.29, 0.717) is 25.9 Å². The van der Waals surface area contributed by atoms with Crippen LogP contribution in [0.15, 0.2) is 59.0 Å². The number of aryl methyl sites for hydroxylation is 1. The molecule has 0 saturated carbocycles. The molecule has 2 aromatic rings. The summed E-state index contributed by atoms with van der Waals surface area (Å²) in [6, 6.07) is 14.5. The molecule has 1 fully saturated rings. The number of ether oxygens (including phenoxy) is 1. The number of carbonyl (C=O) groups is 2. The van der Waals surface area contributed by atoms with Gasteiger partial charge in [0.25, 0.3) is 0 Å². The lowest BCUT2D eigenvalue weighted by Gasteiger charge is -2.39. The van der Waals surface area contributed by atoms with Crippen LogP contribution in [-0.4, -0.2) is 47.1 Å². The van der Waals surface area contributed by atoms with Crippen LogP contribution in [0.25, 0.3) is 0 Å². The van der Waals surface area contributed by atoms with Crippen LogP contribution in [0.2, 0.25) is 0 Å². The smallest absolute Gasteiger partial charge is 0.181 e. The van der Waals surface area contributed by atoms with E-state index in [9.17, 15) is 14.7 Å². The van der Waals surface area contributed by atoms with Gasteiger partial charge in [-0.15, -0.1) is 11.8 Å². The van der Waals surface area contributed by atoms with Gasteiger partial charge in [0.05, 0.1) is 30.9 Å². The van der Waals surface area contributed by atoms with Gasteiger partial charge in [0, 0.05) is 22.9 Å². The number of hydrogen-bond donors (Lipinski definition) is 3. The predicted octanol–water partition coefficient (Wildman–Crippen LogP) is 6.19. The summed E-state index contributed by atoms with van der Waals surface area (Å²) in [5.41, 5.74) is 5.50. The Bertz CT molecular complexity index is 1350. The van der Waals surface area contributed by atoms with Crippen molar-refractivity contribution in [2.75, 3.05) is 12.9 Å². The number of aliphatic hydroxyl groups excluding tert-OH is 1. The zero-order valence-electron chi connectivity index (χ0n) is 23.1. The molecule has 210 valence electrons. The molecule has 0 spiro atoms. The summed E-state index contributed by atoms with van der Waals surface area (Å²) in [5.74, 6) is -0.0172. The van der Waals surface area contributed by atoms with Crippen LogP contribution >= 0.6 is 11.8 Å². The topological polar surface area (TPSA) is 111 Å². The van der Waals surface area contributed by atoms with Crippen LogP contribution in [0, 0.1) is 16.7 Å². The largest absolute Gasteiger partial charge is 0.390 e. The molecule has 3 N–H and O–H groups in total. The van der Waals surface area contributed by atoms with Gasteiger partial charge in [0.15, 0.2) is 11.6 Å². The summed E-state index contributed by atoms with van der Waals surface area (Å²) in [5, 5.41) is 26.7. The lowest BCUT2D eigenvalue weighted by Crippen LogP contribution is -2.38. The maximum absolute atomic E-state index is 13.0. The number of rotatable bonds is 11. The summed E-state index contributed by atoms with van der Waals surface area (Å²) in [6.45, 7) is 0.371. The normalized spacial score (nSPS) is 23.6. The second-order valence-corrected chi connectivity index (χ2v) is 12.2. The first kappa shape index (κ1) is 28.7. The van der Waals surface area contributed by atoms with Crippen molar-refractivity contribution >= 4 is 34.8 Å². The Morgan fingerprint density at radius 3 is 2.75 bits per heavy atom. The van der Waals surface area contributed by atoms with E-state index >= 15 is 0 Å². The van der Waals surface area contributed by atoms with Crippen molar-refractivity contribution < 1.29 is 19.4 Å². The van der Waals surface area contributed by atoms with Crippen molar-refractivity contribution in [3.8, 4) is 0 Å². The maximum Gasteiger partial charge on any atom is 0.181 e. The third kappa shape index (κ3) is 6.54. The van der Waals surface area contributed by atoms with Gasteiger partial charge < -0.3 is 20.7 Å². The number of benzene rings is 2. The van der Waals surface area contributed by atoms with E-state index in [4.69, 9.17) is 15.6 Å². The first-order valence-electron chi connectivity index (χ1n) is 14.3. The molecule has 5 rings (SSSR count). The summed E-state index contributed by atoms with van der Waals surface area (Å²) in [4.78, 5) is 26.9. The highest BCUT2D eigenvalue weighted by Gasteiger charge is 2.36. The summed E-state index contributed by atoms with van der Waals surface area (Å²) >= 11 is 1.71. The zero-order chi connectivity index (χ0) is 28.2. The average molecular weight is 559 g/mol. The fourth-order valence-corrected chi connectivity index (χ4v) is 6.98. The minimum atomic E-state index is -0.400. The first-order valence-corrected chi connectivity index (χ1v) is 15.5. The number of ketones is 2. The minimum absolute atomic E-state index is 0.00218. The molecule has 0 amide bonds. The molecule has 2 aromatic carbocycles. The third-order valence-corrected chi connectivity index (χ3v) is 9.39. The molecule has 1 saturated heterocycles. The van der Waals surface area contributed by atoms with E-state index in [0.717, 1.165) is 42.4 Å². The first-order chi connectivity index (χ1) is 19.3. The molecule has 4 atom stereocenters. The van der Waals surface area contributed by atoms with E-state index in [2.05, 4.69) is 36.6 Å². The number of allylic oxidation sites excluding steroid dienone is 2. The molecular weight excluding hydrogens is 520 g/mol. The SMILES string of the molecule is CSc1ccccc1[C@H]1C=C(C(=O)CC(=N)CC(=O)C(=N)CCc2ccc3c(c2)[C@H]2C[C@H](C3)[C@H](O)CO2)CCC1. The van der Waals surface area contributed by atoms with Crippen LogP contribution in [0.4, 0.5) is 0 Å². The molecule has 40 heavy (non-hydrogen) atoms. The average Bonchev–Trinajstić information content (AvgIpc) is 2.97. The fourth-order valence-electron chi connectivity index (χ4n) is 6.31. The highest BCUT2D eigenvalue weighted by molar-refractivity contribution is 7.98. The number of aliphatic hydroxyl groups is 1. The highest BCUT2D eigenvalue weighted by atomic mass is 32.2. The van der Waals surface area contributed by atoms with E-state index in [1.54, 1.807) is 11.8 Å². The van der Waals surface area contributed by atoms with Gasteiger partial charge in [-0.25, -0.2) is 0 Å². The van der Waals surface area contributed by atoms with E-state index in [-0.39, 0.29) is 53.8 Å². The second kappa shape index (κ2) is 12.8. The van der Waals surface area contributed by atoms with Crippen molar-refractivity contribution in [1.82, 2.24) is 0 Å². The van der Waals surface area contributed by atoms with Gasteiger partial charge in [0.2, 0.25) is 0 Å². The van der Waals surface area contributed by atoms with Crippen LogP contribution in [0.5, 0.6) is 0 Å². The fraction of sp³-hybridized carbons (Fsp3) is 0.455. The van der Waals surface area contributed by atoms with Crippen LogP contribution in [0.3, 0.4) is 0 Å². The molecule has 0 aromatic heterocycles. The number of Topliss-reactive ketones (excluding diaryl/α,β-unsaturated/α-hetero) is 2. The molecule has 1 aliphatic heterocycles. The Kier molecular flexibility index (Phi) is 9.13. The van der Waals surface area contributed by atoms with Gasteiger partial charge in [-0.05, 0) is 91.0 Å². The molecule has 6 nitrogen and oxygen atoms in total. The van der Waals surface area contributed by atoms with Crippen LogP contribution in [0.1, 0.15) is 79.2 Å². The summed E-state index contributed by atoms with van der Waals surface area (Å²) < 4.78 is 5.86. The van der Waals surface area contributed by atoms with Gasteiger partial charge in [-0.3, -0.25) is 9.59 Å². The van der Waals surface area contributed by atoms with Crippen molar-refractivity contribution in [2.45, 2.75) is 80.8 Å². The van der Waals surface area contributed by atoms with Gasteiger partial charge in [0.1, 0.15) is 0 Å². The molecule has 0 unspecified atom stereocenters. The lowest BCUT2D eigenvalue weighted by molar-refractivity contribution is -0.114. The Morgan fingerprint density at radius 1 is 1.10 bits per heavy atom. The Hall–Kier alpha value is -2.87. The zero-order valence-corrected chi connectivity index (χ0v) is 23.9. The standard InChI is InChI=1S/C33H38N2O4S/c1-40-33-8-3-2-7-26(33)21-5-4-6-23(14-21)29(36)17-25(34)18-30(37)28(35)12-10-20-9-11-22-15-24-16-32(27(22)13-20)39-19-31(24)38/h2-3,7-9,11,13-14,21,24,31-32,34-35,38H,4-6,10,12,15-19H2,1H3/t21-,24+,31-,32-/m1/s1. The Labute approximate surface area is 240 Å². The second-order valence-electron chi connectivity index (χ2n) is 11.3. The van der Waals surface area contributed by atoms with Gasteiger partial charge in [-0.2, -0.15) is 0 Å². The van der Waals surface area contributed by atoms with Crippen molar-refractivity contribution in [3.05, 3.63) is 76.4 Å². The number of thioether (sulfide) groups is 1.